The van der Waals surface area contributed by atoms with Crippen molar-refractivity contribution in [2.75, 3.05) is 19.8 Å². The van der Waals surface area contributed by atoms with Gasteiger partial charge in [-0.15, -0.1) is 0 Å². The summed E-state index contributed by atoms with van der Waals surface area (Å²) < 4.78 is 26.7. The second-order valence-corrected chi connectivity index (χ2v) is 8.33. The average Bonchev–Trinajstić information content (AvgIpc) is 2.83. The number of hydrogen-bond donors (Lipinski definition) is 11. The van der Waals surface area contributed by atoms with Gasteiger partial charge in [0, 0.05) is 0 Å². The van der Waals surface area contributed by atoms with E-state index in [0.717, 1.165) is 0 Å². The highest BCUT2D eigenvalue weighted by molar-refractivity contribution is 4.96. The first-order chi connectivity index (χ1) is 16.0. The van der Waals surface area contributed by atoms with Crippen LogP contribution in [0.15, 0.2) is 0 Å². The monoisotopic (exact) mass is 504 g/mol. The zero-order valence-corrected chi connectivity index (χ0v) is 17.7. The summed E-state index contributed by atoms with van der Waals surface area (Å²) in [5.41, 5.74) is 0. The van der Waals surface area contributed by atoms with Crippen LogP contribution in [0.3, 0.4) is 0 Å². The molecule has 16 nitrogen and oxygen atoms in total. The normalized spacial score (nSPS) is 52.5. The molecule has 0 aliphatic carbocycles. The molecule has 200 valence electrons. The molecule has 16 heteroatoms. The molecule has 15 atom stereocenters. The van der Waals surface area contributed by atoms with Crippen LogP contribution in [0.25, 0.3) is 0 Å². The summed E-state index contributed by atoms with van der Waals surface area (Å²) in [6, 6.07) is 0. The van der Waals surface area contributed by atoms with Crippen LogP contribution in [-0.4, -0.2) is 168 Å². The van der Waals surface area contributed by atoms with Gasteiger partial charge in [-0.05, 0) is 0 Å². The van der Waals surface area contributed by atoms with Crippen molar-refractivity contribution in [3.05, 3.63) is 0 Å². The molecule has 3 fully saturated rings. The molecule has 0 aromatic heterocycles. The maximum absolute atomic E-state index is 10.5. The van der Waals surface area contributed by atoms with Gasteiger partial charge in [-0.2, -0.15) is 0 Å². The molecular formula is C18H32O16. The topological polar surface area (TPSA) is 269 Å². The molecule has 3 aliphatic heterocycles. The molecule has 3 heterocycles. The third-order valence-corrected chi connectivity index (χ3v) is 6.09. The molecule has 0 bridgehead atoms. The van der Waals surface area contributed by atoms with Crippen LogP contribution in [0.4, 0.5) is 0 Å². The van der Waals surface area contributed by atoms with E-state index in [1.807, 2.05) is 0 Å². The third kappa shape index (κ3) is 5.37. The Morgan fingerprint density at radius 2 is 0.853 bits per heavy atom. The maximum atomic E-state index is 10.5. The van der Waals surface area contributed by atoms with Crippen molar-refractivity contribution in [3.63, 3.8) is 0 Å². The number of aliphatic hydroxyl groups is 11. The Kier molecular flexibility index (Phi) is 9.54. The first-order valence-corrected chi connectivity index (χ1v) is 10.6. The molecule has 0 spiro atoms. The van der Waals surface area contributed by atoms with Gasteiger partial charge in [0.1, 0.15) is 73.2 Å². The minimum atomic E-state index is -1.93. The smallest absolute Gasteiger partial charge is 0.187 e. The van der Waals surface area contributed by atoms with E-state index in [1.54, 1.807) is 0 Å². The fourth-order valence-electron chi connectivity index (χ4n) is 4.04. The Labute approximate surface area is 192 Å². The predicted octanol–water partition coefficient (Wildman–Crippen LogP) is -7.57. The Hall–Kier alpha value is -0.640. The van der Waals surface area contributed by atoms with E-state index in [-0.39, 0.29) is 0 Å². The summed E-state index contributed by atoms with van der Waals surface area (Å²) in [6.45, 7) is -2.35. The fourth-order valence-corrected chi connectivity index (χ4v) is 4.04. The second-order valence-electron chi connectivity index (χ2n) is 8.33. The average molecular weight is 504 g/mol. The number of aliphatic hydroxyl groups excluding tert-OH is 11. The number of hydrogen-bond acceptors (Lipinski definition) is 16. The van der Waals surface area contributed by atoms with E-state index in [9.17, 15) is 56.2 Å². The Morgan fingerprint density at radius 3 is 1.26 bits per heavy atom. The van der Waals surface area contributed by atoms with E-state index in [4.69, 9.17) is 23.7 Å². The van der Waals surface area contributed by atoms with Gasteiger partial charge >= 0.3 is 0 Å². The lowest BCUT2D eigenvalue weighted by Gasteiger charge is -2.48. The Bertz CT molecular complexity index is 599. The van der Waals surface area contributed by atoms with Crippen LogP contribution < -0.4 is 0 Å². The Morgan fingerprint density at radius 1 is 0.441 bits per heavy atom. The van der Waals surface area contributed by atoms with Crippen LogP contribution in [-0.2, 0) is 23.7 Å². The lowest BCUT2D eigenvalue weighted by molar-refractivity contribution is -0.383. The first-order valence-electron chi connectivity index (χ1n) is 10.6. The molecule has 0 unspecified atom stereocenters. The third-order valence-electron chi connectivity index (χ3n) is 6.09. The summed E-state index contributed by atoms with van der Waals surface area (Å²) in [5, 5.41) is 109. The summed E-state index contributed by atoms with van der Waals surface area (Å²) in [6.07, 6.45) is -25.6. The number of ether oxygens (including phenoxy) is 5. The molecule has 0 amide bonds. The highest BCUT2D eigenvalue weighted by Gasteiger charge is 2.53. The van der Waals surface area contributed by atoms with Gasteiger partial charge in [-0.3, -0.25) is 0 Å². The van der Waals surface area contributed by atoms with Gasteiger partial charge in [-0.1, -0.05) is 0 Å². The van der Waals surface area contributed by atoms with Crippen molar-refractivity contribution in [1.82, 2.24) is 0 Å². The van der Waals surface area contributed by atoms with Gasteiger partial charge in [0.25, 0.3) is 0 Å². The summed E-state index contributed by atoms with van der Waals surface area (Å²) >= 11 is 0. The minimum absolute atomic E-state index is 0.762. The van der Waals surface area contributed by atoms with Crippen molar-refractivity contribution in [2.45, 2.75) is 92.1 Å². The van der Waals surface area contributed by atoms with Gasteiger partial charge in [0.05, 0.1) is 19.8 Å². The van der Waals surface area contributed by atoms with Crippen molar-refractivity contribution in [1.29, 1.82) is 0 Å². The quantitative estimate of drug-likeness (QED) is 0.154. The molecule has 3 rings (SSSR count). The predicted molar refractivity (Wildman–Crippen MR) is 101 cm³/mol. The van der Waals surface area contributed by atoms with Crippen LogP contribution in [0.1, 0.15) is 0 Å². The maximum Gasteiger partial charge on any atom is 0.187 e. The van der Waals surface area contributed by atoms with E-state index in [1.165, 1.54) is 0 Å². The molecule has 3 saturated heterocycles. The van der Waals surface area contributed by atoms with E-state index in [0.29, 0.717) is 0 Å². The van der Waals surface area contributed by atoms with Crippen molar-refractivity contribution < 1.29 is 79.9 Å². The summed E-state index contributed by atoms with van der Waals surface area (Å²) in [4.78, 5) is 0. The van der Waals surface area contributed by atoms with Crippen LogP contribution in [0.2, 0.25) is 0 Å². The highest BCUT2D eigenvalue weighted by atomic mass is 16.8. The first kappa shape index (κ1) is 27.9. The van der Waals surface area contributed by atoms with Gasteiger partial charge in [-0.25, -0.2) is 0 Å². The molecule has 0 aromatic rings. The zero-order valence-electron chi connectivity index (χ0n) is 17.7. The lowest BCUT2D eigenvalue weighted by Crippen LogP contribution is -2.67. The molecule has 0 saturated carbocycles. The van der Waals surface area contributed by atoms with Crippen molar-refractivity contribution in [3.8, 4) is 0 Å². The second kappa shape index (κ2) is 11.6. The van der Waals surface area contributed by atoms with Gasteiger partial charge in [0.2, 0.25) is 0 Å². The van der Waals surface area contributed by atoms with Gasteiger partial charge < -0.3 is 79.9 Å². The lowest BCUT2D eigenvalue weighted by atomic mass is 9.96. The fraction of sp³-hybridized carbons (Fsp3) is 1.00. The molecule has 11 N–H and O–H groups in total. The van der Waals surface area contributed by atoms with E-state index < -0.39 is 112 Å². The van der Waals surface area contributed by atoms with E-state index in [2.05, 4.69) is 0 Å². The van der Waals surface area contributed by atoms with Crippen LogP contribution in [0, 0.1) is 0 Å². The van der Waals surface area contributed by atoms with Crippen LogP contribution in [0.5, 0.6) is 0 Å². The summed E-state index contributed by atoms with van der Waals surface area (Å²) in [5.74, 6) is 0. The van der Waals surface area contributed by atoms with E-state index >= 15 is 0 Å². The van der Waals surface area contributed by atoms with Crippen molar-refractivity contribution in [2.24, 2.45) is 0 Å². The van der Waals surface area contributed by atoms with Crippen molar-refractivity contribution >= 4 is 0 Å². The zero-order chi connectivity index (χ0) is 25.3. The molecule has 3 aliphatic rings. The molecule has 34 heavy (non-hydrogen) atoms. The van der Waals surface area contributed by atoms with Crippen LogP contribution >= 0.6 is 0 Å². The summed E-state index contributed by atoms with van der Waals surface area (Å²) in [7, 11) is 0. The van der Waals surface area contributed by atoms with Gasteiger partial charge in [0.15, 0.2) is 18.9 Å². The SMILES string of the molecule is OC[C@H]1O[C@@H](O[C@@H]2[C@@H](O)[C@H](O)O[C@H](CO)[C@H]2O[C@@H]2O[C@H](CO)[C@@H](O)[C@H](O)[C@H]2O)[C@H](O)[C@@H](O)[C@H]1O. The Balaban J connectivity index is 1.84. The standard InChI is InChI=1S/C18H32O16/c19-1-4-7(22)9(24)11(26)17(31-4)33-14-6(3-21)30-16(29)13(28)15(14)34-18-12(27)10(25)8(23)5(2-20)32-18/h4-29H,1-3H2/t4-,5-,6-,7-,8+,9+,10+,11-,12-,13-,14-,15-,16-,17+,18+/m1/s1. The number of rotatable bonds is 7. The minimum Gasteiger partial charge on any atom is -0.394 e. The largest absolute Gasteiger partial charge is 0.394 e. The highest BCUT2D eigenvalue weighted by Crippen LogP contribution is 2.32. The molecule has 0 aromatic carbocycles. The molecular weight excluding hydrogens is 472 g/mol. The molecule has 0 radical (unpaired) electrons.